The van der Waals surface area contributed by atoms with E-state index in [4.69, 9.17) is 4.74 Å². The van der Waals surface area contributed by atoms with Crippen LogP contribution in [0, 0.1) is 17.8 Å². The van der Waals surface area contributed by atoms with Crippen molar-refractivity contribution < 1.29 is 23.6 Å². The topological polar surface area (TPSA) is 81.7 Å². The van der Waals surface area contributed by atoms with E-state index >= 15 is 0 Å². The smallest absolute Gasteiger partial charge is 0.126 e. The standard InChI is InChI=1S/C24H33O5P/c1-3-8-18-19-11-4-5-12-20(19)22-14-7-13-21(18)23(22)24(28-2)16-9-6-10-17(15-16)29-30(25,26)27/h6,9-10,15,18,21-22H,3-5,7-8,11-14H2,1-2H3,(H2,25,26,27)/p-2/b24-23+. The number of fused-ring (bicyclic) bond motifs is 3. The highest BCUT2D eigenvalue weighted by molar-refractivity contribution is 7.43. The van der Waals surface area contributed by atoms with E-state index in [0.717, 1.165) is 17.7 Å². The van der Waals surface area contributed by atoms with Gasteiger partial charge in [0.25, 0.3) is 0 Å². The fourth-order valence-corrected chi connectivity index (χ4v) is 6.52. The molecule has 0 radical (unpaired) electrons. The highest BCUT2D eigenvalue weighted by Crippen LogP contribution is 2.56. The van der Waals surface area contributed by atoms with Crippen molar-refractivity contribution in [3.05, 3.63) is 46.5 Å². The van der Waals surface area contributed by atoms with E-state index in [1.165, 1.54) is 63.0 Å². The molecular formula is C24H31O5P-2. The molecule has 0 aromatic heterocycles. The van der Waals surface area contributed by atoms with Gasteiger partial charge in [-0.1, -0.05) is 43.0 Å². The van der Waals surface area contributed by atoms with Crippen LogP contribution in [0.5, 0.6) is 5.75 Å². The largest absolute Gasteiger partial charge is 0.780 e. The zero-order valence-electron chi connectivity index (χ0n) is 17.9. The number of benzene rings is 1. The molecule has 4 rings (SSSR count). The summed E-state index contributed by atoms with van der Waals surface area (Å²) < 4.78 is 21.7. The van der Waals surface area contributed by atoms with Crippen LogP contribution in [0.15, 0.2) is 41.0 Å². The zero-order valence-corrected chi connectivity index (χ0v) is 18.8. The Balaban J connectivity index is 1.83. The molecular weight excluding hydrogens is 399 g/mol. The molecule has 1 aromatic carbocycles. The lowest BCUT2D eigenvalue weighted by Crippen LogP contribution is -2.36. The number of hydrogen-bond donors (Lipinski definition) is 0. The number of phosphoric acid groups is 1. The maximum atomic E-state index is 11.1. The summed E-state index contributed by atoms with van der Waals surface area (Å²) in [6, 6.07) is 6.73. The molecule has 3 aliphatic carbocycles. The van der Waals surface area contributed by atoms with E-state index in [1.807, 2.05) is 6.07 Å². The van der Waals surface area contributed by atoms with Gasteiger partial charge in [0.2, 0.25) is 0 Å². The van der Waals surface area contributed by atoms with Crippen LogP contribution < -0.4 is 14.3 Å². The average Bonchev–Trinajstić information content (AvgIpc) is 2.71. The maximum absolute atomic E-state index is 11.1. The van der Waals surface area contributed by atoms with Gasteiger partial charge in [-0.2, -0.15) is 0 Å². The summed E-state index contributed by atoms with van der Waals surface area (Å²) in [5.41, 5.74) is 5.54. The van der Waals surface area contributed by atoms with E-state index in [1.54, 1.807) is 30.4 Å². The average molecular weight is 430 g/mol. The van der Waals surface area contributed by atoms with Crippen LogP contribution in [0.1, 0.15) is 70.3 Å². The molecule has 1 aromatic rings. The molecule has 0 saturated heterocycles. The van der Waals surface area contributed by atoms with Crippen molar-refractivity contribution in [2.75, 3.05) is 7.11 Å². The fourth-order valence-electron chi connectivity index (χ4n) is 6.15. The third-order valence-corrected chi connectivity index (χ3v) is 7.51. The number of methoxy groups -OCH3 is 1. The molecule has 5 nitrogen and oxygen atoms in total. The van der Waals surface area contributed by atoms with Gasteiger partial charge in [0.1, 0.15) is 19.3 Å². The van der Waals surface area contributed by atoms with Gasteiger partial charge in [-0.05, 0) is 74.5 Å². The van der Waals surface area contributed by atoms with Crippen LogP contribution in [0.25, 0.3) is 5.76 Å². The second-order valence-corrected chi connectivity index (χ2v) is 9.87. The van der Waals surface area contributed by atoms with Gasteiger partial charge in [0.05, 0.1) is 7.11 Å². The second kappa shape index (κ2) is 8.90. The molecule has 2 bridgehead atoms. The molecule has 0 heterocycles. The number of hydrogen-bond acceptors (Lipinski definition) is 5. The molecule has 0 N–H and O–H groups in total. The number of rotatable bonds is 6. The van der Waals surface area contributed by atoms with Gasteiger partial charge >= 0.3 is 0 Å². The molecule has 30 heavy (non-hydrogen) atoms. The summed E-state index contributed by atoms with van der Waals surface area (Å²) >= 11 is 0. The molecule has 164 valence electrons. The minimum Gasteiger partial charge on any atom is -0.780 e. The highest BCUT2D eigenvalue weighted by Gasteiger charge is 2.44. The van der Waals surface area contributed by atoms with E-state index < -0.39 is 7.82 Å². The van der Waals surface area contributed by atoms with Crippen LogP contribution in [-0.4, -0.2) is 7.11 Å². The SMILES string of the molecule is CCCC1C2=C(CCCC2)C2CCCC1/C2=C(\OC)c1cccc(OP(=O)([O-])[O-])c1. The van der Waals surface area contributed by atoms with E-state index in [0.29, 0.717) is 17.8 Å². The van der Waals surface area contributed by atoms with Crippen molar-refractivity contribution in [2.45, 2.75) is 64.7 Å². The summed E-state index contributed by atoms with van der Waals surface area (Å²) in [6.45, 7) is 2.27. The Morgan fingerprint density at radius 2 is 1.90 bits per heavy atom. The van der Waals surface area contributed by atoms with Crippen molar-refractivity contribution in [2.24, 2.45) is 17.8 Å². The fraction of sp³-hybridized carbons (Fsp3) is 0.583. The van der Waals surface area contributed by atoms with E-state index in [2.05, 4.69) is 11.4 Å². The molecule has 0 spiro atoms. The van der Waals surface area contributed by atoms with Gasteiger partial charge in [0, 0.05) is 11.5 Å². The molecule has 0 amide bonds. The maximum Gasteiger partial charge on any atom is 0.126 e. The number of ether oxygens (including phenoxy) is 1. The number of phosphoric ester groups is 1. The quantitative estimate of drug-likeness (QED) is 0.362. The first-order valence-electron chi connectivity index (χ1n) is 11.2. The van der Waals surface area contributed by atoms with E-state index in [-0.39, 0.29) is 5.75 Å². The van der Waals surface area contributed by atoms with Gasteiger partial charge in [0.15, 0.2) is 0 Å². The minimum atomic E-state index is -5.10. The monoisotopic (exact) mass is 430 g/mol. The van der Waals surface area contributed by atoms with Crippen molar-refractivity contribution in [1.82, 2.24) is 0 Å². The van der Waals surface area contributed by atoms with Gasteiger partial charge in [-0.15, -0.1) is 0 Å². The van der Waals surface area contributed by atoms with Crippen molar-refractivity contribution in [3.8, 4) is 5.75 Å². The molecule has 1 fully saturated rings. The third-order valence-electron chi connectivity index (χ3n) is 7.07. The molecule has 0 aliphatic heterocycles. The van der Waals surface area contributed by atoms with Crippen molar-refractivity contribution >= 4 is 13.6 Å². The molecule has 6 heteroatoms. The second-order valence-electron chi connectivity index (χ2n) is 8.80. The summed E-state index contributed by atoms with van der Waals surface area (Å²) in [5, 5.41) is 0. The van der Waals surface area contributed by atoms with Gasteiger partial charge < -0.3 is 23.6 Å². The van der Waals surface area contributed by atoms with Crippen molar-refractivity contribution in [1.29, 1.82) is 0 Å². The molecule has 3 unspecified atom stereocenters. The van der Waals surface area contributed by atoms with Crippen LogP contribution in [0.4, 0.5) is 0 Å². The lowest BCUT2D eigenvalue weighted by molar-refractivity contribution is -0.333. The van der Waals surface area contributed by atoms with Crippen LogP contribution >= 0.6 is 7.82 Å². The normalized spacial score (nSPS) is 28.1. The van der Waals surface area contributed by atoms with Gasteiger partial charge in [-0.3, -0.25) is 0 Å². The highest BCUT2D eigenvalue weighted by atomic mass is 31.2. The first-order valence-corrected chi connectivity index (χ1v) is 12.7. The minimum absolute atomic E-state index is 0.0413. The zero-order chi connectivity index (χ0) is 21.3. The third kappa shape index (κ3) is 4.26. The predicted molar refractivity (Wildman–Crippen MR) is 113 cm³/mol. The van der Waals surface area contributed by atoms with Gasteiger partial charge in [-0.25, -0.2) is 0 Å². The summed E-state index contributed by atoms with van der Waals surface area (Å²) in [7, 11) is -3.41. The van der Waals surface area contributed by atoms with Crippen molar-refractivity contribution in [3.63, 3.8) is 0 Å². The summed E-state index contributed by atoms with van der Waals surface area (Å²) in [4.78, 5) is 22.2. The Bertz CT molecular complexity index is 897. The molecule has 1 saturated carbocycles. The molecule has 3 atom stereocenters. The van der Waals surface area contributed by atoms with Crippen LogP contribution in [0.2, 0.25) is 0 Å². The first-order chi connectivity index (χ1) is 14.4. The van der Waals surface area contributed by atoms with Crippen LogP contribution in [0.3, 0.4) is 0 Å². The number of allylic oxidation sites excluding steroid dienone is 3. The predicted octanol–water partition coefficient (Wildman–Crippen LogP) is 4.97. The Labute approximate surface area is 179 Å². The van der Waals surface area contributed by atoms with Crippen LogP contribution in [-0.2, 0) is 9.30 Å². The Morgan fingerprint density at radius 3 is 2.60 bits per heavy atom. The Morgan fingerprint density at radius 1 is 1.13 bits per heavy atom. The first kappa shape index (κ1) is 21.7. The van der Waals surface area contributed by atoms with E-state index in [9.17, 15) is 14.4 Å². The summed E-state index contributed by atoms with van der Waals surface area (Å²) in [5.74, 6) is 2.37. The lowest BCUT2D eigenvalue weighted by atomic mass is 9.57. The summed E-state index contributed by atoms with van der Waals surface area (Å²) in [6.07, 6.45) is 10.9. The Hall–Kier alpha value is -1.55. The molecule has 3 aliphatic rings. The lowest BCUT2D eigenvalue weighted by Gasteiger charge is -2.48. The Kier molecular flexibility index (Phi) is 6.43.